The van der Waals surface area contributed by atoms with Crippen LogP contribution in [0.25, 0.3) is 0 Å². The second kappa shape index (κ2) is 5.22. The van der Waals surface area contributed by atoms with Gasteiger partial charge in [0.1, 0.15) is 0 Å². The summed E-state index contributed by atoms with van der Waals surface area (Å²) in [5.41, 5.74) is 1.08. The molecule has 2 nitrogen and oxygen atoms in total. The van der Waals surface area contributed by atoms with Crippen molar-refractivity contribution < 1.29 is 9.79 Å². The lowest BCUT2D eigenvalue weighted by Crippen LogP contribution is -2.16. The summed E-state index contributed by atoms with van der Waals surface area (Å²) in [5.74, 6) is 0. The molecule has 0 heterocycles. The summed E-state index contributed by atoms with van der Waals surface area (Å²) < 4.78 is 0. The van der Waals surface area contributed by atoms with Gasteiger partial charge in [0, 0.05) is 0 Å². The summed E-state index contributed by atoms with van der Waals surface area (Å²) in [6, 6.07) is 18.5. The Bertz CT molecular complexity index is 389. The standard InChI is InChI=1S/C13H11O2P/c14-16(15)13(11-7-3-1-4-8-11)12-9-5-2-6-10-12/h1-10,13H/q-2. The highest BCUT2D eigenvalue weighted by Gasteiger charge is 2.09. The lowest BCUT2D eigenvalue weighted by atomic mass is 10.0. The summed E-state index contributed by atoms with van der Waals surface area (Å²) in [6.07, 6.45) is 0. The zero-order valence-corrected chi connectivity index (χ0v) is 9.51. The first-order valence-corrected chi connectivity index (χ1v) is 6.27. The van der Waals surface area contributed by atoms with Gasteiger partial charge in [-0.3, -0.25) is 0 Å². The Morgan fingerprint density at radius 1 is 0.688 bits per heavy atom. The van der Waals surface area contributed by atoms with Gasteiger partial charge in [0.05, 0.1) is 0 Å². The third kappa shape index (κ3) is 2.48. The summed E-state index contributed by atoms with van der Waals surface area (Å²) in [6.45, 7) is 0. The van der Waals surface area contributed by atoms with Gasteiger partial charge in [-0.05, 0) is 16.8 Å². The van der Waals surface area contributed by atoms with Gasteiger partial charge >= 0.3 is 0 Å². The van der Waals surface area contributed by atoms with E-state index in [9.17, 15) is 9.79 Å². The number of hydrogen-bond acceptors (Lipinski definition) is 2. The zero-order valence-electron chi connectivity index (χ0n) is 8.61. The van der Waals surface area contributed by atoms with Crippen molar-refractivity contribution in [2.45, 2.75) is 5.66 Å². The van der Waals surface area contributed by atoms with Crippen molar-refractivity contribution in [3.63, 3.8) is 0 Å². The van der Waals surface area contributed by atoms with Gasteiger partial charge in [-0.25, -0.2) is 0 Å². The maximum atomic E-state index is 11.3. The van der Waals surface area contributed by atoms with E-state index in [-0.39, 0.29) is 0 Å². The molecule has 0 unspecified atom stereocenters. The molecule has 0 saturated heterocycles. The van der Waals surface area contributed by atoms with Crippen molar-refractivity contribution >= 4 is 8.38 Å². The van der Waals surface area contributed by atoms with Crippen LogP contribution in [0.4, 0.5) is 0 Å². The van der Waals surface area contributed by atoms with E-state index in [0.717, 1.165) is 11.1 Å². The topological polar surface area (TPSA) is 46.1 Å². The summed E-state index contributed by atoms with van der Waals surface area (Å²) >= 11 is 0. The molecular weight excluding hydrogens is 219 g/mol. The van der Waals surface area contributed by atoms with Gasteiger partial charge in [-0.2, -0.15) is 0 Å². The molecule has 0 aromatic heterocycles. The summed E-state index contributed by atoms with van der Waals surface area (Å²) in [5, 5.41) is 0. The second-order valence-corrected chi connectivity index (χ2v) is 4.60. The van der Waals surface area contributed by atoms with Crippen LogP contribution in [0.1, 0.15) is 16.8 Å². The molecule has 0 aliphatic rings. The van der Waals surface area contributed by atoms with E-state index in [2.05, 4.69) is 0 Å². The highest BCUT2D eigenvalue weighted by Crippen LogP contribution is 2.42. The fraction of sp³-hybridized carbons (Fsp3) is 0.0769. The van der Waals surface area contributed by atoms with Gasteiger partial charge in [0.25, 0.3) is 0 Å². The Hall–Kier alpha value is -1.21. The molecule has 0 N–H and O–H groups in total. The lowest BCUT2D eigenvalue weighted by molar-refractivity contribution is -0.294. The molecule has 3 heteroatoms. The van der Waals surface area contributed by atoms with Gasteiger partial charge in [0.2, 0.25) is 0 Å². The quantitative estimate of drug-likeness (QED) is 0.755. The van der Waals surface area contributed by atoms with E-state index in [1.54, 1.807) is 0 Å². The maximum Gasteiger partial charge on any atom is -0.000663 e. The Labute approximate surface area is 96.1 Å². The summed E-state index contributed by atoms with van der Waals surface area (Å²) in [4.78, 5) is 22.7. The van der Waals surface area contributed by atoms with E-state index < -0.39 is 14.0 Å². The smallest absolute Gasteiger partial charge is 0.000663 e. The molecule has 0 bridgehead atoms. The average molecular weight is 230 g/mol. The molecule has 2 aromatic rings. The number of rotatable bonds is 3. The van der Waals surface area contributed by atoms with Gasteiger partial charge in [-0.15, -0.1) is 0 Å². The Morgan fingerprint density at radius 3 is 1.38 bits per heavy atom. The first-order chi connectivity index (χ1) is 7.79. The molecule has 0 radical (unpaired) electrons. The first-order valence-electron chi connectivity index (χ1n) is 5.02. The minimum atomic E-state index is -2.52. The molecule has 2 aromatic carbocycles. The third-order valence-corrected chi connectivity index (χ3v) is 3.46. The van der Waals surface area contributed by atoms with Crippen LogP contribution in [-0.4, -0.2) is 0 Å². The van der Waals surface area contributed by atoms with E-state index in [4.69, 9.17) is 0 Å². The zero-order chi connectivity index (χ0) is 11.4. The largest absolute Gasteiger partial charge is 0.841 e. The molecule has 0 spiro atoms. The highest BCUT2D eigenvalue weighted by molar-refractivity contribution is 7.42. The predicted molar refractivity (Wildman–Crippen MR) is 61.6 cm³/mol. The van der Waals surface area contributed by atoms with Crippen molar-refractivity contribution in [3.05, 3.63) is 71.8 Å². The molecule has 0 aliphatic heterocycles. The van der Waals surface area contributed by atoms with E-state index in [1.807, 2.05) is 60.7 Å². The van der Waals surface area contributed by atoms with E-state index in [0.29, 0.717) is 0 Å². The van der Waals surface area contributed by atoms with Crippen LogP contribution in [0, 0.1) is 0 Å². The first kappa shape index (κ1) is 11.3. The minimum Gasteiger partial charge on any atom is -0.841 e. The average Bonchev–Trinajstić information content (AvgIpc) is 2.31. The molecule has 16 heavy (non-hydrogen) atoms. The second-order valence-electron chi connectivity index (χ2n) is 3.51. The molecule has 82 valence electrons. The molecule has 0 saturated carbocycles. The Balaban J connectivity index is 2.40. The number of hydrogen-bond donors (Lipinski definition) is 0. The molecule has 0 fully saturated rings. The third-order valence-electron chi connectivity index (χ3n) is 2.44. The number of benzene rings is 2. The van der Waals surface area contributed by atoms with Crippen molar-refractivity contribution in [1.82, 2.24) is 0 Å². The van der Waals surface area contributed by atoms with Crippen LogP contribution < -0.4 is 9.79 Å². The van der Waals surface area contributed by atoms with Gasteiger partial charge < -0.3 is 18.2 Å². The fourth-order valence-corrected chi connectivity index (χ4v) is 2.54. The van der Waals surface area contributed by atoms with Crippen LogP contribution in [-0.2, 0) is 0 Å². The molecular formula is C13H11O2P-2. The van der Waals surface area contributed by atoms with Gasteiger partial charge in [0.15, 0.2) is 0 Å². The van der Waals surface area contributed by atoms with E-state index >= 15 is 0 Å². The molecule has 2 rings (SSSR count). The fourth-order valence-electron chi connectivity index (χ4n) is 1.71. The van der Waals surface area contributed by atoms with Crippen molar-refractivity contribution in [1.29, 1.82) is 0 Å². The monoisotopic (exact) mass is 230 g/mol. The van der Waals surface area contributed by atoms with Crippen LogP contribution in [0.5, 0.6) is 0 Å². The van der Waals surface area contributed by atoms with Crippen LogP contribution in [0.3, 0.4) is 0 Å². The van der Waals surface area contributed by atoms with Crippen LogP contribution in [0.15, 0.2) is 60.7 Å². The van der Waals surface area contributed by atoms with Crippen molar-refractivity contribution in [2.75, 3.05) is 0 Å². The van der Waals surface area contributed by atoms with Crippen LogP contribution >= 0.6 is 8.38 Å². The van der Waals surface area contributed by atoms with Crippen molar-refractivity contribution in [2.24, 2.45) is 0 Å². The van der Waals surface area contributed by atoms with Crippen molar-refractivity contribution in [3.8, 4) is 0 Å². The predicted octanol–water partition coefficient (Wildman–Crippen LogP) is 1.81. The summed E-state index contributed by atoms with van der Waals surface area (Å²) in [7, 11) is -2.52. The normalized spacial score (nSPS) is 11.0. The van der Waals surface area contributed by atoms with Crippen LogP contribution in [0.2, 0.25) is 0 Å². The SMILES string of the molecule is [O-]P([O-])C(c1ccccc1)c1ccccc1. The minimum absolute atomic E-state index is 0.544. The van der Waals surface area contributed by atoms with E-state index in [1.165, 1.54) is 0 Å². The molecule has 0 amide bonds. The maximum absolute atomic E-state index is 11.3. The van der Waals surface area contributed by atoms with Gasteiger partial charge in [-0.1, -0.05) is 60.7 Å². The molecule has 0 atom stereocenters. The lowest BCUT2D eigenvalue weighted by Gasteiger charge is -2.40. The Kier molecular flexibility index (Phi) is 3.68. The Morgan fingerprint density at radius 2 is 1.06 bits per heavy atom. The highest BCUT2D eigenvalue weighted by atomic mass is 31.2. The molecule has 0 aliphatic carbocycles.